The smallest absolute Gasteiger partial charge is 0.224 e. The Morgan fingerprint density at radius 2 is 2.05 bits per heavy atom. The Hall–Kier alpha value is -1.47. The molecule has 0 aromatic carbocycles. The summed E-state index contributed by atoms with van der Waals surface area (Å²) in [6.45, 7) is 4.51. The van der Waals surface area contributed by atoms with Gasteiger partial charge in [0.05, 0.1) is 6.54 Å². The van der Waals surface area contributed by atoms with Crippen LogP contribution in [0.5, 0.6) is 0 Å². The van der Waals surface area contributed by atoms with Crippen LogP contribution in [0.25, 0.3) is 0 Å². The number of rotatable bonds is 4. The first kappa shape index (κ1) is 14.5. The van der Waals surface area contributed by atoms with Crippen molar-refractivity contribution in [3.8, 4) is 0 Å². The van der Waals surface area contributed by atoms with E-state index in [0.717, 1.165) is 45.4 Å². The van der Waals surface area contributed by atoms with E-state index in [0.29, 0.717) is 25.0 Å². The topological polar surface area (TPSA) is 80.3 Å². The van der Waals surface area contributed by atoms with Crippen LogP contribution in [0.15, 0.2) is 12.7 Å². The van der Waals surface area contributed by atoms with Gasteiger partial charge in [0.25, 0.3) is 0 Å². The van der Waals surface area contributed by atoms with Gasteiger partial charge in [-0.05, 0) is 32.4 Å². The lowest BCUT2D eigenvalue weighted by Gasteiger charge is -2.34. The molecule has 7 nitrogen and oxygen atoms in total. The number of carbonyl (C=O) groups excluding carboxylic acids is 1. The standard InChI is InChI=1S/C14H24N6O/c15-12-1-5-18(6-2-12)13-3-7-19(9-13)14(21)4-8-20-11-16-10-17-20/h10-13H,1-9,15H2. The molecule has 1 unspecified atom stereocenters. The predicted octanol–water partition coefficient (Wildman–Crippen LogP) is -0.308. The van der Waals surface area contributed by atoms with E-state index in [-0.39, 0.29) is 5.91 Å². The van der Waals surface area contributed by atoms with Crippen molar-refractivity contribution in [1.29, 1.82) is 0 Å². The quantitative estimate of drug-likeness (QED) is 0.823. The van der Waals surface area contributed by atoms with E-state index in [1.165, 1.54) is 6.33 Å². The number of aromatic nitrogens is 3. The fraction of sp³-hybridized carbons (Fsp3) is 0.786. The van der Waals surface area contributed by atoms with Crippen molar-refractivity contribution in [3.05, 3.63) is 12.7 Å². The minimum absolute atomic E-state index is 0.224. The maximum Gasteiger partial charge on any atom is 0.224 e. The third-order valence-corrected chi connectivity index (χ3v) is 4.63. The second-order valence-electron chi connectivity index (χ2n) is 6.06. The van der Waals surface area contributed by atoms with Crippen LogP contribution in [0.4, 0.5) is 0 Å². The summed E-state index contributed by atoms with van der Waals surface area (Å²) in [5.41, 5.74) is 5.95. The van der Waals surface area contributed by atoms with Gasteiger partial charge in [-0.15, -0.1) is 0 Å². The zero-order valence-corrected chi connectivity index (χ0v) is 12.4. The summed E-state index contributed by atoms with van der Waals surface area (Å²) in [4.78, 5) is 20.6. The van der Waals surface area contributed by atoms with Gasteiger partial charge in [-0.25, -0.2) is 4.98 Å². The largest absolute Gasteiger partial charge is 0.341 e. The van der Waals surface area contributed by atoms with Crippen molar-refractivity contribution in [2.45, 2.75) is 44.3 Å². The molecule has 1 aromatic rings. The molecule has 116 valence electrons. The van der Waals surface area contributed by atoms with E-state index >= 15 is 0 Å². The summed E-state index contributed by atoms with van der Waals surface area (Å²) in [6.07, 6.45) is 6.90. The third kappa shape index (κ3) is 3.59. The van der Waals surface area contributed by atoms with Gasteiger partial charge < -0.3 is 10.6 Å². The molecule has 2 N–H and O–H groups in total. The number of piperidine rings is 1. The average molecular weight is 292 g/mol. The second kappa shape index (κ2) is 6.53. The zero-order chi connectivity index (χ0) is 14.7. The van der Waals surface area contributed by atoms with Gasteiger partial charge in [-0.1, -0.05) is 0 Å². The average Bonchev–Trinajstić information content (AvgIpc) is 3.17. The van der Waals surface area contributed by atoms with E-state index in [2.05, 4.69) is 15.0 Å². The number of hydrogen-bond donors (Lipinski definition) is 1. The Kier molecular flexibility index (Phi) is 4.50. The lowest BCUT2D eigenvalue weighted by atomic mass is 10.0. The first-order chi connectivity index (χ1) is 10.2. The Morgan fingerprint density at radius 1 is 1.24 bits per heavy atom. The van der Waals surface area contributed by atoms with Gasteiger partial charge in [0, 0.05) is 31.6 Å². The number of nitrogens with two attached hydrogens (primary N) is 1. The number of likely N-dealkylation sites (tertiary alicyclic amines) is 2. The molecule has 0 bridgehead atoms. The highest BCUT2D eigenvalue weighted by molar-refractivity contribution is 5.76. The van der Waals surface area contributed by atoms with Crippen molar-refractivity contribution in [1.82, 2.24) is 24.6 Å². The summed E-state index contributed by atoms with van der Waals surface area (Å²) in [5.74, 6) is 0.224. The molecule has 0 radical (unpaired) electrons. The van der Waals surface area contributed by atoms with Crippen molar-refractivity contribution < 1.29 is 4.79 Å². The molecule has 2 aliphatic heterocycles. The molecule has 0 spiro atoms. The molecule has 2 fully saturated rings. The van der Waals surface area contributed by atoms with Crippen LogP contribution < -0.4 is 5.73 Å². The van der Waals surface area contributed by atoms with Crippen LogP contribution in [-0.4, -0.2) is 68.7 Å². The van der Waals surface area contributed by atoms with Crippen molar-refractivity contribution in [2.75, 3.05) is 26.2 Å². The molecule has 1 aromatic heterocycles. The molecular formula is C14H24N6O. The molecule has 7 heteroatoms. The van der Waals surface area contributed by atoms with Gasteiger partial charge in [-0.2, -0.15) is 5.10 Å². The molecule has 21 heavy (non-hydrogen) atoms. The molecule has 2 saturated heterocycles. The van der Waals surface area contributed by atoms with Gasteiger partial charge in [0.2, 0.25) is 5.91 Å². The Labute approximate surface area is 125 Å². The molecule has 0 saturated carbocycles. The molecule has 1 atom stereocenters. The molecule has 1 amide bonds. The summed E-state index contributed by atoms with van der Waals surface area (Å²) in [7, 11) is 0. The number of nitrogens with zero attached hydrogens (tertiary/aromatic N) is 5. The predicted molar refractivity (Wildman–Crippen MR) is 78.4 cm³/mol. The normalized spacial score (nSPS) is 24.6. The third-order valence-electron chi connectivity index (χ3n) is 4.63. The number of aryl methyl sites for hydroxylation is 1. The monoisotopic (exact) mass is 292 g/mol. The lowest BCUT2D eigenvalue weighted by Crippen LogP contribution is -2.46. The summed E-state index contributed by atoms with van der Waals surface area (Å²) >= 11 is 0. The first-order valence-electron chi connectivity index (χ1n) is 7.82. The fourth-order valence-corrected chi connectivity index (χ4v) is 3.27. The van der Waals surface area contributed by atoms with Crippen molar-refractivity contribution >= 4 is 5.91 Å². The summed E-state index contributed by atoms with van der Waals surface area (Å²) in [6, 6.07) is 0.885. The van der Waals surface area contributed by atoms with Crippen LogP contribution in [0.1, 0.15) is 25.7 Å². The van der Waals surface area contributed by atoms with E-state index < -0.39 is 0 Å². The number of carbonyl (C=O) groups is 1. The van der Waals surface area contributed by atoms with Gasteiger partial charge in [-0.3, -0.25) is 14.4 Å². The van der Waals surface area contributed by atoms with Crippen LogP contribution >= 0.6 is 0 Å². The Morgan fingerprint density at radius 3 is 2.76 bits per heavy atom. The van der Waals surface area contributed by atoms with E-state index in [1.54, 1.807) is 11.0 Å². The van der Waals surface area contributed by atoms with E-state index in [4.69, 9.17) is 5.73 Å². The van der Waals surface area contributed by atoms with Crippen LogP contribution in [-0.2, 0) is 11.3 Å². The van der Waals surface area contributed by atoms with Gasteiger partial charge in [0.1, 0.15) is 12.7 Å². The Bertz CT molecular complexity index is 454. The van der Waals surface area contributed by atoms with Crippen LogP contribution in [0.2, 0.25) is 0 Å². The van der Waals surface area contributed by atoms with Crippen LogP contribution in [0, 0.1) is 0 Å². The second-order valence-corrected chi connectivity index (χ2v) is 6.06. The van der Waals surface area contributed by atoms with Gasteiger partial charge >= 0.3 is 0 Å². The number of amides is 1. The Balaban J connectivity index is 1.44. The van der Waals surface area contributed by atoms with Gasteiger partial charge in [0.15, 0.2) is 0 Å². The molecule has 3 rings (SSSR count). The van der Waals surface area contributed by atoms with E-state index in [1.807, 2.05) is 4.90 Å². The molecule has 2 aliphatic rings. The van der Waals surface area contributed by atoms with E-state index in [9.17, 15) is 4.79 Å². The highest BCUT2D eigenvalue weighted by Gasteiger charge is 2.31. The minimum atomic E-state index is 0.224. The molecule has 3 heterocycles. The SMILES string of the molecule is NC1CCN(C2CCN(C(=O)CCn3cncn3)C2)CC1. The molecular weight excluding hydrogens is 268 g/mol. The number of hydrogen-bond acceptors (Lipinski definition) is 5. The summed E-state index contributed by atoms with van der Waals surface area (Å²) in [5, 5.41) is 4.03. The zero-order valence-electron chi connectivity index (χ0n) is 12.4. The lowest BCUT2D eigenvalue weighted by molar-refractivity contribution is -0.130. The highest BCUT2D eigenvalue weighted by Crippen LogP contribution is 2.20. The first-order valence-corrected chi connectivity index (χ1v) is 7.82. The summed E-state index contributed by atoms with van der Waals surface area (Å²) < 4.78 is 1.71. The molecule has 0 aliphatic carbocycles. The van der Waals surface area contributed by atoms with Crippen LogP contribution in [0.3, 0.4) is 0 Å². The van der Waals surface area contributed by atoms with Crippen molar-refractivity contribution in [3.63, 3.8) is 0 Å². The maximum atomic E-state index is 12.2. The van der Waals surface area contributed by atoms with Crippen molar-refractivity contribution in [2.24, 2.45) is 5.73 Å². The maximum absolute atomic E-state index is 12.2. The minimum Gasteiger partial charge on any atom is -0.341 e. The fourth-order valence-electron chi connectivity index (χ4n) is 3.27. The highest BCUT2D eigenvalue weighted by atomic mass is 16.2.